The number of fused-ring (bicyclic) bond motifs is 4. The molecule has 0 spiro atoms. The Kier molecular flexibility index (Phi) is 6.78. The van der Waals surface area contributed by atoms with Gasteiger partial charge >= 0.3 is 6.18 Å². The zero-order valence-electron chi connectivity index (χ0n) is 21.4. The van der Waals surface area contributed by atoms with Crippen molar-refractivity contribution in [2.45, 2.75) is 50.8 Å². The predicted octanol–water partition coefficient (Wildman–Crippen LogP) is 3.87. The largest absolute Gasteiger partial charge is 0.406 e. The van der Waals surface area contributed by atoms with E-state index in [4.69, 9.17) is 11.6 Å². The van der Waals surface area contributed by atoms with Gasteiger partial charge in [0.25, 0.3) is 0 Å². The standard InChI is InChI=1S/C27H28ClF3N6O3/c28-20-10-15-9-16(25(39)36(14-27(29,30)31)13-19(15)18-12-32-34-24(18)20)11-23(38)35-7-5-17(6-8-35)37-22-4-2-1-3-21(22)33-26(37)40/h1-4,10,12,16-17,26,33,40H,5-9,11,13-14H2,(H,32,34). The number of aliphatic hydroxyl groups excluding tert-OH is 1. The number of aliphatic hydroxyl groups is 1. The zero-order chi connectivity index (χ0) is 28.2. The number of nitrogens with one attached hydrogen (secondary N) is 2. The number of hydrogen-bond acceptors (Lipinski definition) is 6. The smallest absolute Gasteiger partial charge is 0.356 e. The van der Waals surface area contributed by atoms with Crippen LogP contribution in [-0.2, 0) is 22.6 Å². The fourth-order valence-corrected chi connectivity index (χ4v) is 6.51. The normalized spacial score (nSPS) is 21.8. The molecule has 4 heterocycles. The highest BCUT2D eigenvalue weighted by molar-refractivity contribution is 6.35. The van der Waals surface area contributed by atoms with Gasteiger partial charge < -0.3 is 25.1 Å². The number of amides is 2. The van der Waals surface area contributed by atoms with Gasteiger partial charge in [-0.05, 0) is 48.6 Å². The summed E-state index contributed by atoms with van der Waals surface area (Å²) in [5.74, 6) is -1.93. The molecule has 1 aromatic heterocycles. The fourth-order valence-electron chi connectivity index (χ4n) is 6.23. The number of alkyl halides is 3. The number of anilines is 2. The minimum absolute atomic E-state index is 0.00313. The van der Waals surface area contributed by atoms with Crippen molar-refractivity contribution in [3.8, 4) is 0 Å². The molecule has 1 saturated heterocycles. The topological polar surface area (TPSA) is 105 Å². The van der Waals surface area contributed by atoms with Gasteiger partial charge in [-0.3, -0.25) is 14.7 Å². The van der Waals surface area contributed by atoms with Gasteiger partial charge in [0.05, 0.1) is 34.0 Å². The van der Waals surface area contributed by atoms with Gasteiger partial charge in [0.2, 0.25) is 18.2 Å². The van der Waals surface area contributed by atoms with Gasteiger partial charge in [0.15, 0.2) is 0 Å². The first-order valence-corrected chi connectivity index (χ1v) is 13.6. The van der Waals surface area contributed by atoms with Crippen LogP contribution in [0.3, 0.4) is 0 Å². The molecule has 2 atom stereocenters. The number of piperidine rings is 1. The Balaban J connectivity index is 1.18. The first-order chi connectivity index (χ1) is 19.1. The molecule has 2 amide bonds. The molecule has 0 saturated carbocycles. The molecule has 13 heteroatoms. The second-order valence-corrected chi connectivity index (χ2v) is 11.0. The average molecular weight is 577 g/mol. The van der Waals surface area contributed by atoms with Crippen molar-refractivity contribution in [1.29, 1.82) is 0 Å². The Morgan fingerprint density at radius 3 is 2.70 bits per heavy atom. The lowest BCUT2D eigenvalue weighted by atomic mass is 9.92. The summed E-state index contributed by atoms with van der Waals surface area (Å²) < 4.78 is 40.4. The highest BCUT2D eigenvalue weighted by atomic mass is 35.5. The summed E-state index contributed by atoms with van der Waals surface area (Å²) in [5, 5.41) is 21.3. The van der Waals surface area contributed by atoms with Gasteiger partial charge in [-0.2, -0.15) is 18.3 Å². The molecule has 3 aromatic rings. The van der Waals surface area contributed by atoms with E-state index in [1.165, 1.54) is 6.20 Å². The molecular formula is C27H28ClF3N6O3. The van der Waals surface area contributed by atoms with Crippen molar-refractivity contribution in [3.05, 3.63) is 52.7 Å². The van der Waals surface area contributed by atoms with Gasteiger partial charge in [0.1, 0.15) is 6.54 Å². The number of para-hydroxylation sites is 2. The third-order valence-electron chi connectivity index (χ3n) is 8.10. The predicted molar refractivity (Wildman–Crippen MR) is 143 cm³/mol. The number of halogens is 4. The quantitative estimate of drug-likeness (QED) is 0.436. The summed E-state index contributed by atoms with van der Waals surface area (Å²) in [4.78, 5) is 31.1. The summed E-state index contributed by atoms with van der Waals surface area (Å²) in [6.45, 7) is -0.818. The average Bonchev–Trinajstić information content (AvgIpc) is 3.50. The fraction of sp³-hybridized carbons (Fsp3) is 0.444. The summed E-state index contributed by atoms with van der Waals surface area (Å²) in [6, 6.07) is 9.27. The summed E-state index contributed by atoms with van der Waals surface area (Å²) in [6.07, 6.45) is -2.84. The van der Waals surface area contributed by atoms with Crippen LogP contribution in [0, 0.1) is 5.92 Å². The Morgan fingerprint density at radius 1 is 1.20 bits per heavy atom. The van der Waals surface area contributed by atoms with Crippen molar-refractivity contribution in [1.82, 2.24) is 20.0 Å². The van der Waals surface area contributed by atoms with Crippen LogP contribution < -0.4 is 10.2 Å². The number of aromatic amines is 1. The summed E-state index contributed by atoms with van der Waals surface area (Å²) in [7, 11) is 0. The number of H-pyrrole nitrogens is 1. The van der Waals surface area contributed by atoms with Gasteiger partial charge in [-0.1, -0.05) is 23.7 Å². The third kappa shape index (κ3) is 4.94. The van der Waals surface area contributed by atoms with Crippen molar-refractivity contribution in [3.63, 3.8) is 0 Å². The molecule has 2 unspecified atom stereocenters. The van der Waals surface area contributed by atoms with E-state index in [0.717, 1.165) is 16.3 Å². The van der Waals surface area contributed by atoms with E-state index in [0.29, 0.717) is 53.0 Å². The molecule has 2 aromatic carbocycles. The van der Waals surface area contributed by atoms with Crippen molar-refractivity contribution < 1.29 is 27.9 Å². The van der Waals surface area contributed by atoms with Crippen LogP contribution in [0.4, 0.5) is 24.5 Å². The Morgan fingerprint density at radius 2 is 1.95 bits per heavy atom. The van der Waals surface area contributed by atoms with E-state index < -0.39 is 30.9 Å². The number of aromatic nitrogens is 2. The Labute approximate surface area is 232 Å². The van der Waals surface area contributed by atoms with Crippen LogP contribution in [0.2, 0.25) is 5.02 Å². The van der Waals surface area contributed by atoms with Crippen LogP contribution in [0.15, 0.2) is 36.5 Å². The molecule has 9 nitrogen and oxygen atoms in total. The molecule has 3 N–H and O–H groups in total. The van der Waals surface area contributed by atoms with Crippen molar-refractivity contribution >= 4 is 45.7 Å². The maximum atomic E-state index is 13.5. The van der Waals surface area contributed by atoms with E-state index in [2.05, 4.69) is 15.5 Å². The molecule has 1 fully saturated rings. The number of likely N-dealkylation sites (tertiary alicyclic amines) is 1. The number of rotatable bonds is 4. The highest BCUT2D eigenvalue weighted by Gasteiger charge is 2.40. The molecule has 212 valence electrons. The van der Waals surface area contributed by atoms with Crippen LogP contribution in [0.1, 0.15) is 30.4 Å². The molecule has 3 aliphatic rings. The molecular weight excluding hydrogens is 549 g/mol. The van der Waals surface area contributed by atoms with Crippen LogP contribution >= 0.6 is 11.6 Å². The lowest BCUT2D eigenvalue weighted by Gasteiger charge is -2.39. The number of nitrogens with zero attached hydrogens (tertiary/aromatic N) is 4. The van der Waals surface area contributed by atoms with Gasteiger partial charge in [-0.25, -0.2) is 0 Å². The summed E-state index contributed by atoms with van der Waals surface area (Å²) in [5.41, 5.74) is 3.44. The molecule has 0 aliphatic carbocycles. The Hall–Kier alpha value is -3.51. The molecule has 0 bridgehead atoms. The maximum Gasteiger partial charge on any atom is 0.406 e. The lowest BCUT2D eigenvalue weighted by molar-refractivity contribution is -0.165. The van der Waals surface area contributed by atoms with E-state index in [9.17, 15) is 27.9 Å². The van der Waals surface area contributed by atoms with E-state index in [1.54, 1.807) is 11.0 Å². The first-order valence-electron chi connectivity index (χ1n) is 13.2. The van der Waals surface area contributed by atoms with Crippen LogP contribution in [0.5, 0.6) is 0 Å². The Bertz CT molecular complexity index is 1460. The van der Waals surface area contributed by atoms with Gasteiger partial charge in [-0.15, -0.1) is 0 Å². The summed E-state index contributed by atoms with van der Waals surface area (Å²) >= 11 is 6.40. The second-order valence-electron chi connectivity index (χ2n) is 10.6. The number of carbonyl (C=O) groups is 2. The van der Waals surface area contributed by atoms with Crippen molar-refractivity contribution in [2.24, 2.45) is 5.92 Å². The monoisotopic (exact) mass is 576 g/mol. The second kappa shape index (κ2) is 10.2. The van der Waals surface area contributed by atoms with E-state index in [1.807, 2.05) is 29.2 Å². The van der Waals surface area contributed by atoms with Crippen molar-refractivity contribution in [2.75, 3.05) is 29.9 Å². The number of hydrogen-bond donors (Lipinski definition) is 3. The number of carbonyl (C=O) groups excluding carboxylic acids is 2. The minimum atomic E-state index is -4.59. The SMILES string of the molecule is O=C(CC1Cc2cc(Cl)c3[nH]ncc3c2CN(CC(F)(F)F)C1=O)N1CCC(N2c3ccccc3NC2O)CC1. The molecule has 40 heavy (non-hydrogen) atoms. The first kappa shape index (κ1) is 26.7. The molecule has 3 aliphatic heterocycles. The van der Waals surface area contributed by atoms with E-state index >= 15 is 0 Å². The van der Waals surface area contributed by atoms with Crippen LogP contribution in [0.25, 0.3) is 10.9 Å². The molecule has 0 radical (unpaired) electrons. The van der Waals surface area contributed by atoms with Crippen LogP contribution in [-0.4, -0.2) is 75.1 Å². The van der Waals surface area contributed by atoms with Gasteiger partial charge in [0, 0.05) is 37.5 Å². The minimum Gasteiger partial charge on any atom is -0.356 e. The third-order valence-corrected chi connectivity index (χ3v) is 8.40. The van der Waals surface area contributed by atoms with E-state index in [-0.39, 0.29) is 31.3 Å². The zero-order valence-corrected chi connectivity index (χ0v) is 22.2. The lowest BCUT2D eigenvalue weighted by Crippen LogP contribution is -2.50. The maximum absolute atomic E-state index is 13.5. The number of benzene rings is 2. The molecule has 6 rings (SSSR count). The highest BCUT2D eigenvalue weighted by Crippen LogP contribution is 2.38.